The molecule has 0 spiro atoms. The zero-order valence-electron chi connectivity index (χ0n) is 16.9. The molecule has 2 aliphatic rings. The Hall–Kier alpha value is -3.39. The standard InChI is InChI=1S/C22H23ClN6O2/c23-16-2-1-3-17(11-16)28-6-8-29(9-7-28)22-20(24)21(26-13-27-22)25-12-15-4-5-18-19(10-15)31-14-30-18/h1-5,10-11,13H,6-9,12,14,24H2,(H,25,26,27). The molecule has 1 saturated heterocycles. The van der Waals surface area contributed by atoms with E-state index >= 15 is 0 Å². The van der Waals surface area contributed by atoms with Crippen molar-refractivity contribution in [3.63, 3.8) is 0 Å². The summed E-state index contributed by atoms with van der Waals surface area (Å²) in [6.07, 6.45) is 1.55. The van der Waals surface area contributed by atoms with Gasteiger partial charge in [-0.05, 0) is 35.9 Å². The largest absolute Gasteiger partial charge is 0.454 e. The van der Waals surface area contributed by atoms with Crippen molar-refractivity contribution in [3.8, 4) is 11.5 Å². The third-order valence-corrected chi connectivity index (χ3v) is 5.75. The Bertz CT molecular complexity index is 1090. The first-order valence-corrected chi connectivity index (χ1v) is 10.5. The highest BCUT2D eigenvalue weighted by Crippen LogP contribution is 2.33. The van der Waals surface area contributed by atoms with E-state index in [1.165, 1.54) is 0 Å². The van der Waals surface area contributed by atoms with Gasteiger partial charge in [-0.3, -0.25) is 0 Å². The van der Waals surface area contributed by atoms with Gasteiger partial charge in [0.2, 0.25) is 6.79 Å². The molecular weight excluding hydrogens is 416 g/mol. The monoisotopic (exact) mass is 438 g/mol. The lowest BCUT2D eigenvalue weighted by Gasteiger charge is -2.37. The maximum Gasteiger partial charge on any atom is 0.231 e. The number of hydrogen-bond donors (Lipinski definition) is 2. The van der Waals surface area contributed by atoms with Crippen LogP contribution in [0.1, 0.15) is 5.56 Å². The summed E-state index contributed by atoms with van der Waals surface area (Å²) in [7, 11) is 0. The Morgan fingerprint density at radius 2 is 1.77 bits per heavy atom. The van der Waals surface area contributed by atoms with Crippen molar-refractivity contribution in [2.75, 3.05) is 53.8 Å². The third-order valence-electron chi connectivity index (χ3n) is 5.51. The van der Waals surface area contributed by atoms with Gasteiger partial charge in [-0.15, -0.1) is 0 Å². The van der Waals surface area contributed by atoms with Gasteiger partial charge in [-0.2, -0.15) is 0 Å². The summed E-state index contributed by atoms with van der Waals surface area (Å²) >= 11 is 6.14. The molecule has 2 aliphatic heterocycles. The van der Waals surface area contributed by atoms with Crippen molar-refractivity contribution < 1.29 is 9.47 Å². The predicted octanol–water partition coefficient (Wildman–Crippen LogP) is 3.38. The molecule has 0 aliphatic carbocycles. The van der Waals surface area contributed by atoms with Crippen molar-refractivity contribution in [2.45, 2.75) is 6.54 Å². The lowest BCUT2D eigenvalue weighted by atomic mass is 10.2. The second-order valence-corrected chi connectivity index (χ2v) is 7.89. The Morgan fingerprint density at radius 3 is 2.61 bits per heavy atom. The van der Waals surface area contributed by atoms with Crippen LogP contribution >= 0.6 is 11.6 Å². The van der Waals surface area contributed by atoms with E-state index in [0.29, 0.717) is 18.1 Å². The molecule has 0 saturated carbocycles. The molecule has 0 radical (unpaired) electrons. The molecule has 0 atom stereocenters. The molecule has 0 amide bonds. The summed E-state index contributed by atoms with van der Waals surface area (Å²) in [4.78, 5) is 13.3. The van der Waals surface area contributed by atoms with Crippen molar-refractivity contribution in [1.29, 1.82) is 0 Å². The van der Waals surface area contributed by atoms with Gasteiger partial charge >= 0.3 is 0 Å². The van der Waals surface area contributed by atoms with E-state index in [2.05, 4.69) is 31.2 Å². The summed E-state index contributed by atoms with van der Waals surface area (Å²) in [6.45, 7) is 4.19. The number of aromatic nitrogens is 2. The number of piperazine rings is 1. The van der Waals surface area contributed by atoms with Crippen LogP contribution in [0.3, 0.4) is 0 Å². The van der Waals surface area contributed by atoms with Crippen LogP contribution in [-0.4, -0.2) is 42.9 Å². The Labute approximate surface area is 185 Å². The van der Waals surface area contributed by atoms with Crippen LogP contribution in [0.4, 0.5) is 23.0 Å². The highest BCUT2D eigenvalue weighted by molar-refractivity contribution is 6.30. The van der Waals surface area contributed by atoms with E-state index in [1.807, 2.05) is 36.4 Å². The maximum absolute atomic E-state index is 6.43. The van der Waals surface area contributed by atoms with E-state index in [4.69, 9.17) is 26.8 Å². The number of benzene rings is 2. The molecule has 2 aromatic carbocycles. The van der Waals surface area contributed by atoms with Gasteiger partial charge in [0.1, 0.15) is 12.0 Å². The summed E-state index contributed by atoms with van der Waals surface area (Å²) in [5, 5.41) is 4.06. The molecule has 0 unspecified atom stereocenters. The molecule has 3 aromatic rings. The molecule has 3 heterocycles. The topological polar surface area (TPSA) is 88.8 Å². The first-order valence-electron chi connectivity index (χ1n) is 10.2. The van der Waals surface area contributed by atoms with E-state index in [9.17, 15) is 0 Å². The second kappa shape index (κ2) is 8.39. The normalized spacial score (nSPS) is 15.3. The van der Waals surface area contributed by atoms with Crippen LogP contribution in [0.15, 0.2) is 48.8 Å². The van der Waals surface area contributed by atoms with E-state index < -0.39 is 0 Å². The van der Waals surface area contributed by atoms with Gasteiger partial charge in [-0.1, -0.05) is 23.7 Å². The van der Waals surface area contributed by atoms with Crippen molar-refractivity contribution in [3.05, 3.63) is 59.4 Å². The number of nitrogens with two attached hydrogens (primary N) is 1. The lowest BCUT2D eigenvalue weighted by Crippen LogP contribution is -2.47. The summed E-state index contributed by atoms with van der Waals surface area (Å²) < 4.78 is 10.8. The minimum atomic E-state index is 0.263. The number of nitrogen functional groups attached to an aromatic ring is 1. The number of anilines is 4. The molecule has 9 heteroatoms. The average Bonchev–Trinajstić information content (AvgIpc) is 3.27. The van der Waals surface area contributed by atoms with Crippen LogP contribution in [0.2, 0.25) is 5.02 Å². The van der Waals surface area contributed by atoms with E-state index in [1.54, 1.807) is 6.33 Å². The van der Waals surface area contributed by atoms with Gasteiger partial charge in [0.25, 0.3) is 0 Å². The zero-order valence-corrected chi connectivity index (χ0v) is 17.7. The number of ether oxygens (including phenoxy) is 2. The smallest absolute Gasteiger partial charge is 0.231 e. The van der Waals surface area contributed by atoms with E-state index in [-0.39, 0.29) is 6.79 Å². The third kappa shape index (κ3) is 4.11. The van der Waals surface area contributed by atoms with Crippen LogP contribution in [0.25, 0.3) is 0 Å². The minimum Gasteiger partial charge on any atom is -0.454 e. The van der Waals surface area contributed by atoms with Gasteiger partial charge < -0.3 is 30.3 Å². The number of hydrogen-bond acceptors (Lipinski definition) is 8. The van der Waals surface area contributed by atoms with Gasteiger partial charge in [-0.25, -0.2) is 9.97 Å². The highest BCUT2D eigenvalue weighted by atomic mass is 35.5. The zero-order chi connectivity index (χ0) is 21.2. The van der Waals surface area contributed by atoms with Crippen molar-refractivity contribution in [2.24, 2.45) is 0 Å². The summed E-state index contributed by atoms with van der Waals surface area (Å²) in [5.41, 5.74) is 9.17. The van der Waals surface area contributed by atoms with Crippen molar-refractivity contribution >= 4 is 34.6 Å². The molecule has 1 fully saturated rings. The Kier molecular flexibility index (Phi) is 5.30. The SMILES string of the molecule is Nc1c(NCc2ccc3c(c2)OCO3)ncnc1N1CCN(c2cccc(Cl)c2)CC1. The highest BCUT2D eigenvalue weighted by Gasteiger charge is 2.22. The molecule has 8 nitrogen and oxygen atoms in total. The fourth-order valence-electron chi connectivity index (χ4n) is 3.87. The molecule has 5 rings (SSSR count). The molecule has 0 bridgehead atoms. The molecule has 1 aromatic heterocycles. The molecule has 31 heavy (non-hydrogen) atoms. The van der Waals surface area contributed by atoms with E-state index in [0.717, 1.165) is 59.8 Å². The number of nitrogens with zero attached hydrogens (tertiary/aromatic N) is 4. The second-order valence-electron chi connectivity index (χ2n) is 7.45. The molecular formula is C22H23ClN6O2. The summed E-state index contributed by atoms with van der Waals surface area (Å²) in [5.74, 6) is 2.91. The number of halogens is 1. The average molecular weight is 439 g/mol. The Morgan fingerprint density at radius 1 is 0.968 bits per heavy atom. The van der Waals surface area contributed by atoms with Gasteiger partial charge in [0, 0.05) is 43.4 Å². The fourth-order valence-corrected chi connectivity index (χ4v) is 4.05. The number of fused-ring (bicyclic) bond motifs is 1. The quantitative estimate of drug-likeness (QED) is 0.626. The summed E-state index contributed by atoms with van der Waals surface area (Å²) in [6, 6.07) is 13.8. The van der Waals surface area contributed by atoms with Gasteiger partial charge in [0.05, 0.1) is 0 Å². The van der Waals surface area contributed by atoms with Crippen LogP contribution in [0.5, 0.6) is 11.5 Å². The minimum absolute atomic E-state index is 0.263. The van der Waals surface area contributed by atoms with Crippen LogP contribution < -0.4 is 30.3 Å². The first-order chi connectivity index (χ1) is 15.2. The van der Waals surface area contributed by atoms with Crippen molar-refractivity contribution in [1.82, 2.24) is 9.97 Å². The first kappa shape index (κ1) is 19.6. The maximum atomic E-state index is 6.43. The fraction of sp³-hybridized carbons (Fsp3) is 0.273. The predicted molar refractivity (Wildman–Crippen MR) is 122 cm³/mol. The van der Waals surface area contributed by atoms with Crippen LogP contribution in [-0.2, 0) is 6.54 Å². The molecule has 3 N–H and O–H groups in total. The number of nitrogens with one attached hydrogen (secondary N) is 1. The lowest BCUT2D eigenvalue weighted by molar-refractivity contribution is 0.174. The van der Waals surface area contributed by atoms with Gasteiger partial charge in [0.15, 0.2) is 23.1 Å². The molecule has 160 valence electrons. The van der Waals surface area contributed by atoms with Crippen LogP contribution in [0, 0.1) is 0 Å². The Balaban J connectivity index is 1.24. The number of rotatable bonds is 5.